The first-order chi connectivity index (χ1) is 6.29. The number of halogens is 1. The molecule has 0 bridgehead atoms. The first-order valence-electron chi connectivity index (χ1n) is 4.10. The van der Waals surface area contributed by atoms with Gasteiger partial charge in [-0.2, -0.15) is 10.2 Å². The van der Waals surface area contributed by atoms with Gasteiger partial charge in [0.15, 0.2) is 0 Å². The van der Waals surface area contributed by atoms with Gasteiger partial charge in [0.25, 0.3) is 0 Å². The average Bonchev–Trinajstić information content (AvgIpc) is 2.36. The first-order valence-corrected chi connectivity index (χ1v) is 4.10. The highest BCUT2D eigenvalue weighted by Gasteiger charge is 2.08. The molecular weight excluding hydrogens is 167 g/mol. The molecule has 1 aromatic carbocycles. The fraction of sp³-hybridized carbons (Fsp3) is 0.200. The van der Waals surface area contributed by atoms with Gasteiger partial charge in [0, 0.05) is 6.20 Å². The molecule has 0 aromatic heterocycles. The van der Waals surface area contributed by atoms with Crippen LogP contribution < -0.4 is 0 Å². The Kier molecular flexibility index (Phi) is 1.93. The Bertz CT molecular complexity index is 394. The Labute approximate surface area is 75.8 Å². The summed E-state index contributed by atoms with van der Waals surface area (Å²) in [7, 11) is 0. The minimum atomic E-state index is -0.176. The Morgan fingerprint density at radius 3 is 3.08 bits per heavy atom. The van der Waals surface area contributed by atoms with E-state index in [1.165, 1.54) is 6.07 Å². The van der Waals surface area contributed by atoms with Gasteiger partial charge < -0.3 is 0 Å². The third-order valence-electron chi connectivity index (χ3n) is 2.17. The van der Waals surface area contributed by atoms with E-state index in [1.54, 1.807) is 25.3 Å². The molecule has 0 N–H and O–H groups in total. The van der Waals surface area contributed by atoms with Gasteiger partial charge >= 0.3 is 0 Å². The van der Waals surface area contributed by atoms with Crippen molar-refractivity contribution >= 4 is 6.08 Å². The highest BCUT2D eigenvalue weighted by atomic mass is 19.1. The third kappa shape index (κ3) is 1.37. The fourth-order valence-electron chi connectivity index (χ4n) is 1.40. The average molecular weight is 176 g/mol. The van der Waals surface area contributed by atoms with E-state index in [-0.39, 0.29) is 5.82 Å². The molecule has 3 heteroatoms. The number of fused-ring (bicyclic) bond motifs is 1. The van der Waals surface area contributed by atoms with Crippen LogP contribution in [0, 0.1) is 12.7 Å². The van der Waals surface area contributed by atoms with Gasteiger partial charge in [0.2, 0.25) is 0 Å². The Morgan fingerprint density at radius 1 is 1.38 bits per heavy atom. The van der Waals surface area contributed by atoms with Crippen molar-refractivity contribution in [3.8, 4) is 0 Å². The molecule has 0 amide bonds. The molecule has 0 unspecified atom stereocenters. The number of nitrogens with zero attached hydrogens (tertiary/aromatic N) is 2. The zero-order valence-corrected chi connectivity index (χ0v) is 7.29. The van der Waals surface area contributed by atoms with Crippen molar-refractivity contribution in [3.05, 3.63) is 40.8 Å². The van der Waals surface area contributed by atoms with Crippen molar-refractivity contribution in [2.45, 2.75) is 13.5 Å². The van der Waals surface area contributed by atoms with Crippen molar-refractivity contribution in [3.63, 3.8) is 0 Å². The summed E-state index contributed by atoms with van der Waals surface area (Å²) in [6.45, 7) is 2.30. The molecule has 13 heavy (non-hydrogen) atoms. The highest BCUT2D eigenvalue weighted by Crippen LogP contribution is 2.21. The van der Waals surface area contributed by atoms with Gasteiger partial charge in [-0.1, -0.05) is 6.07 Å². The van der Waals surface area contributed by atoms with Gasteiger partial charge in [0.1, 0.15) is 5.82 Å². The quantitative estimate of drug-likeness (QED) is 0.580. The summed E-state index contributed by atoms with van der Waals surface area (Å²) in [4.78, 5) is 0. The van der Waals surface area contributed by atoms with Crippen molar-refractivity contribution in [1.29, 1.82) is 0 Å². The van der Waals surface area contributed by atoms with Gasteiger partial charge in [0.05, 0.1) is 6.54 Å². The maximum atomic E-state index is 13.1. The lowest BCUT2D eigenvalue weighted by atomic mass is 10.0. The van der Waals surface area contributed by atoms with E-state index in [4.69, 9.17) is 0 Å². The van der Waals surface area contributed by atoms with Crippen LogP contribution in [0.2, 0.25) is 0 Å². The molecule has 0 atom stereocenters. The minimum Gasteiger partial charge on any atom is -0.207 e. The second-order valence-electron chi connectivity index (χ2n) is 2.98. The van der Waals surface area contributed by atoms with Gasteiger partial charge in [-0.3, -0.25) is 0 Å². The van der Waals surface area contributed by atoms with Crippen LogP contribution in [0.4, 0.5) is 4.39 Å². The maximum absolute atomic E-state index is 13.1. The Balaban J connectivity index is 2.63. The van der Waals surface area contributed by atoms with E-state index >= 15 is 0 Å². The number of benzene rings is 1. The summed E-state index contributed by atoms with van der Waals surface area (Å²) >= 11 is 0. The van der Waals surface area contributed by atoms with E-state index in [9.17, 15) is 4.39 Å². The molecule has 1 aromatic rings. The summed E-state index contributed by atoms with van der Waals surface area (Å²) in [6, 6.07) is 3.23. The van der Waals surface area contributed by atoms with E-state index in [2.05, 4.69) is 10.2 Å². The summed E-state index contributed by atoms with van der Waals surface area (Å²) in [5.41, 5.74) is 2.60. The Hall–Kier alpha value is -1.51. The van der Waals surface area contributed by atoms with Crippen LogP contribution in [0.25, 0.3) is 6.08 Å². The summed E-state index contributed by atoms with van der Waals surface area (Å²) in [5.74, 6) is -0.176. The van der Waals surface area contributed by atoms with E-state index in [1.807, 2.05) is 0 Å². The van der Waals surface area contributed by atoms with Crippen LogP contribution in [0.1, 0.15) is 16.7 Å². The SMILES string of the molecule is Cc1c(F)ccc2c1C=CN=NC2. The Morgan fingerprint density at radius 2 is 2.23 bits per heavy atom. The first kappa shape index (κ1) is 8.10. The maximum Gasteiger partial charge on any atom is 0.126 e. The lowest BCUT2D eigenvalue weighted by Crippen LogP contribution is -1.93. The second-order valence-corrected chi connectivity index (χ2v) is 2.98. The zero-order chi connectivity index (χ0) is 9.26. The summed E-state index contributed by atoms with van der Waals surface area (Å²) < 4.78 is 13.1. The normalized spacial score (nSPS) is 14.0. The minimum absolute atomic E-state index is 0.176. The predicted octanol–water partition coefficient (Wildman–Crippen LogP) is 3.07. The molecule has 2 nitrogen and oxygen atoms in total. The van der Waals surface area contributed by atoms with E-state index < -0.39 is 0 Å². The molecule has 0 saturated heterocycles. The van der Waals surface area contributed by atoms with Crippen LogP contribution in [0.15, 0.2) is 28.6 Å². The number of azo groups is 1. The van der Waals surface area contributed by atoms with Crippen LogP contribution in [-0.4, -0.2) is 0 Å². The molecular formula is C10H9FN2. The molecule has 1 heterocycles. The van der Waals surface area contributed by atoms with Gasteiger partial charge in [-0.15, -0.1) is 0 Å². The van der Waals surface area contributed by atoms with Crippen LogP contribution in [-0.2, 0) is 6.54 Å². The van der Waals surface area contributed by atoms with Crippen molar-refractivity contribution < 1.29 is 4.39 Å². The standard InChI is InChI=1S/C10H9FN2/c1-7-9-4-5-12-13-6-8(9)2-3-10(7)11/h2-5H,6H2,1H3. The van der Waals surface area contributed by atoms with Crippen molar-refractivity contribution in [2.75, 3.05) is 0 Å². The van der Waals surface area contributed by atoms with Crippen molar-refractivity contribution in [1.82, 2.24) is 0 Å². The molecule has 66 valence electrons. The highest BCUT2D eigenvalue weighted by molar-refractivity contribution is 5.58. The zero-order valence-electron chi connectivity index (χ0n) is 7.29. The summed E-state index contributed by atoms with van der Waals surface area (Å²) in [6.07, 6.45) is 3.39. The number of hydrogen-bond acceptors (Lipinski definition) is 2. The molecule has 2 rings (SSSR count). The van der Waals surface area contributed by atoms with Gasteiger partial charge in [-0.05, 0) is 35.8 Å². The molecule has 1 aliphatic rings. The van der Waals surface area contributed by atoms with Crippen LogP contribution >= 0.6 is 0 Å². The molecule has 0 radical (unpaired) electrons. The number of rotatable bonds is 0. The molecule has 0 spiro atoms. The van der Waals surface area contributed by atoms with Gasteiger partial charge in [-0.25, -0.2) is 4.39 Å². The number of hydrogen-bond donors (Lipinski definition) is 0. The smallest absolute Gasteiger partial charge is 0.126 e. The molecule has 1 aliphatic heterocycles. The predicted molar refractivity (Wildman–Crippen MR) is 48.7 cm³/mol. The lowest BCUT2D eigenvalue weighted by molar-refractivity contribution is 0.617. The molecule has 0 aliphatic carbocycles. The topological polar surface area (TPSA) is 24.7 Å². The van der Waals surface area contributed by atoms with Crippen LogP contribution in [0.3, 0.4) is 0 Å². The van der Waals surface area contributed by atoms with Crippen molar-refractivity contribution in [2.24, 2.45) is 10.2 Å². The molecule has 0 saturated carbocycles. The molecule has 0 fully saturated rings. The second kappa shape index (κ2) is 3.09. The van der Waals surface area contributed by atoms with E-state index in [0.717, 1.165) is 11.1 Å². The fourth-order valence-corrected chi connectivity index (χ4v) is 1.40. The van der Waals surface area contributed by atoms with E-state index in [0.29, 0.717) is 12.1 Å². The lowest BCUT2D eigenvalue weighted by Gasteiger charge is -2.05. The van der Waals surface area contributed by atoms with Crippen LogP contribution in [0.5, 0.6) is 0 Å². The third-order valence-corrected chi connectivity index (χ3v) is 2.17. The summed E-state index contributed by atoms with van der Waals surface area (Å²) in [5, 5.41) is 7.68. The monoisotopic (exact) mass is 176 g/mol. The largest absolute Gasteiger partial charge is 0.207 e.